The molecule has 92 valence electrons. The van der Waals surface area contributed by atoms with Gasteiger partial charge in [-0.1, -0.05) is 0 Å². The molecule has 17 heavy (non-hydrogen) atoms. The summed E-state index contributed by atoms with van der Waals surface area (Å²) in [6, 6.07) is 1.10. The number of hydrogen-bond donors (Lipinski definition) is 0. The first-order chi connectivity index (χ1) is 8.04. The maximum atomic E-state index is 12.9. The van der Waals surface area contributed by atoms with Gasteiger partial charge in [0, 0.05) is 19.8 Å². The fourth-order valence-corrected chi connectivity index (χ4v) is 1.21. The van der Waals surface area contributed by atoms with Crippen LogP contribution in [0.4, 0.5) is 4.39 Å². The third-order valence-electron chi connectivity index (χ3n) is 2.18. The first kappa shape index (κ1) is 13.1. The third-order valence-corrected chi connectivity index (χ3v) is 2.18. The molecule has 0 aliphatic rings. The number of amides is 1. The lowest BCUT2D eigenvalue weighted by Crippen LogP contribution is -2.29. The highest BCUT2D eigenvalue weighted by atomic mass is 19.1. The molecule has 0 saturated heterocycles. The molecule has 0 radical (unpaired) electrons. The normalized spacial score (nSPS) is 9.82. The Labute approximate surface area is 98.2 Å². The standard InChI is InChI=1S/C11H13FN2O3/c1-14(4-3-10(15)17-2)11(16)8-5-9(12)7-13-6-8/h5-7H,3-4H2,1-2H3. The van der Waals surface area contributed by atoms with Gasteiger partial charge in [-0.05, 0) is 6.07 Å². The first-order valence-electron chi connectivity index (χ1n) is 4.97. The number of hydrogen-bond acceptors (Lipinski definition) is 4. The molecule has 1 amide bonds. The number of carbonyl (C=O) groups is 2. The van der Waals surface area contributed by atoms with Crippen molar-refractivity contribution in [2.24, 2.45) is 0 Å². The number of ether oxygens (including phenoxy) is 1. The third kappa shape index (κ3) is 3.82. The zero-order chi connectivity index (χ0) is 12.8. The van der Waals surface area contributed by atoms with Crippen LogP contribution in [0, 0.1) is 5.82 Å². The van der Waals surface area contributed by atoms with Gasteiger partial charge in [-0.25, -0.2) is 4.39 Å². The van der Waals surface area contributed by atoms with E-state index in [0.29, 0.717) is 0 Å². The lowest BCUT2D eigenvalue weighted by molar-refractivity contribution is -0.140. The second kappa shape index (κ2) is 5.93. The summed E-state index contributed by atoms with van der Waals surface area (Å²) in [6.07, 6.45) is 2.40. The summed E-state index contributed by atoms with van der Waals surface area (Å²) in [5, 5.41) is 0. The van der Waals surface area contributed by atoms with E-state index in [4.69, 9.17) is 0 Å². The van der Waals surface area contributed by atoms with Crippen molar-refractivity contribution in [2.45, 2.75) is 6.42 Å². The second-order valence-corrected chi connectivity index (χ2v) is 3.44. The zero-order valence-electron chi connectivity index (χ0n) is 9.64. The van der Waals surface area contributed by atoms with Crippen molar-refractivity contribution in [3.8, 4) is 0 Å². The number of halogens is 1. The van der Waals surface area contributed by atoms with E-state index in [2.05, 4.69) is 9.72 Å². The van der Waals surface area contributed by atoms with Gasteiger partial charge < -0.3 is 9.64 Å². The Balaban J connectivity index is 2.61. The molecule has 0 unspecified atom stereocenters. The average molecular weight is 240 g/mol. The Hall–Kier alpha value is -1.98. The molecule has 0 N–H and O–H groups in total. The molecule has 0 bridgehead atoms. The van der Waals surface area contributed by atoms with Crippen molar-refractivity contribution in [2.75, 3.05) is 20.7 Å². The summed E-state index contributed by atoms with van der Waals surface area (Å²) in [5.41, 5.74) is 0.150. The number of rotatable bonds is 4. The monoisotopic (exact) mass is 240 g/mol. The highest BCUT2D eigenvalue weighted by Crippen LogP contribution is 2.05. The lowest BCUT2D eigenvalue weighted by atomic mass is 10.2. The van der Waals surface area contributed by atoms with Gasteiger partial charge in [0.25, 0.3) is 5.91 Å². The summed E-state index contributed by atoms with van der Waals surface area (Å²) in [5.74, 6) is -1.36. The number of aromatic nitrogens is 1. The van der Waals surface area contributed by atoms with Crippen LogP contribution in [0.5, 0.6) is 0 Å². The predicted molar refractivity (Wildman–Crippen MR) is 57.8 cm³/mol. The molecule has 0 atom stereocenters. The van der Waals surface area contributed by atoms with E-state index >= 15 is 0 Å². The summed E-state index contributed by atoms with van der Waals surface area (Å²) >= 11 is 0. The first-order valence-corrected chi connectivity index (χ1v) is 4.97. The van der Waals surface area contributed by atoms with Crippen molar-refractivity contribution >= 4 is 11.9 Å². The molecule has 1 rings (SSSR count). The van der Waals surface area contributed by atoms with E-state index in [-0.39, 0.29) is 24.4 Å². The largest absolute Gasteiger partial charge is 0.469 e. The SMILES string of the molecule is COC(=O)CCN(C)C(=O)c1cncc(F)c1. The quantitative estimate of drug-likeness (QED) is 0.732. The fraction of sp³-hybridized carbons (Fsp3) is 0.364. The maximum absolute atomic E-state index is 12.9. The van der Waals surface area contributed by atoms with Gasteiger partial charge in [0.1, 0.15) is 5.82 Å². The van der Waals surface area contributed by atoms with Crippen molar-refractivity contribution in [1.82, 2.24) is 9.88 Å². The van der Waals surface area contributed by atoms with Crippen LogP contribution < -0.4 is 0 Å². The average Bonchev–Trinajstić information content (AvgIpc) is 2.34. The van der Waals surface area contributed by atoms with Crippen molar-refractivity contribution < 1.29 is 18.7 Å². The number of nitrogens with zero attached hydrogens (tertiary/aromatic N) is 2. The molecule has 5 nitrogen and oxygen atoms in total. The van der Waals surface area contributed by atoms with Crippen LogP contribution in [-0.4, -0.2) is 42.5 Å². The van der Waals surface area contributed by atoms with E-state index in [9.17, 15) is 14.0 Å². The Bertz CT molecular complexity index is 423. The van der Waals surface area contributed by atoms with Crippen LogP contribution in [-0.2, 0) is 9.53 Å². The fourth-order valence-electron chi connectivity index (χ4n) is 1.21. The zero-order valence-corrected chi connectivity index (χ0v) is 9.64. The van der Waals surface area contributed by atoms with Crippen molar-refractivity contribution in [1.29, 1.82) is 0 Å². The smallest absolute Gasteiger partial charge is 0.307 e. The number of pyridine rings is 1. The van der Waals surface area contributed by atoms with Gasteiger partial charge in [-0.15, -0.1) is 0 Å². The van der Waals surface area contributed by atoms with E-state index in [1.807, 2.05) is 0 Å². The van der Waals surface area contributed by atoms with E-state index < -0.39 is 11.8 Å². The molecule has 1 heterocycles. The second-order valence-electron chi connectivity index (χ2n) is 3.44. The Morgan fingerprint density at radius 3 is 2.76 bits per heavy atom. The van der Waals surface area contributed by atoms with Gasteiger partial charge >= 0.3 is 5.97 Å². The van der Waals surface area contributed by atoms with Gasteiger partial charge in [0.15, 0.2) is 0 Å². The van der Waals surface area contributed by atoms with Gasteiger partial charge in [-0.2, -0.15) is 0 Å². The van der Waals surface area contributed by atoms with Gasteiger partial charge in [-0.3, -0.25) is 14.6 Å². The molecule has 0 saturated carbocycles. The van der Waals surface area contributed by atoms with Crippen LogP contribution in [0.25, 0.3) is 0 Å². The van der Waals surface area contributed by atoms with Crippen LogP contribution in [0.15, 0.2) is 18.5 Å². The highest BCUT2D eigenvalue weighted by molar-refractivity contribution is 5.93. The molecule has 0 aliphatic heterocycles. The molecule has 1 aromatic rings. The van der Waals surface area contributed by atoms with Crippen molar-refractivity contribution in [3.63, 3.8) is 0 Å². The van der Waals surface area contributed by atoms with Crippen molar-refractivity contribution in [3.05, 3.63) is 29.8 Å². The lowest BCUT2D eigenvalue weighted by Gasteiger charge is -2.16. The van der Waals surface area contributed by atoms with Crippen LogP contribution in [0.3, 0.4) is 0 Å². The number of methoxy groups -OCH3 is 1. The minimum absolute atomic E-state index is 0.0987. The molecule has 0 spiro atoms. The minimum atomic E-state index is -0.572. The molecule has 0 fully saturated rings. The number of carbonyl (C=O) groups excluding carboxylic acids is 2. The Morgan fingerprint density at radius 1 is 1.47 bits per heavy atom. The molecule has 1 aromatic heterocycles. The summed E-state index contributed by atoms with van der Waals surface area (Å²) in [6.45, 7) is 0.210. The van der Waals surface area contributed by atoms with Gasteiger partial charge in [0.2, 0.25) is 0 Å². The molecule has 6 heteroatoms. The Morgan fingerprint density at radius 2 is 2.18 bits per heavy atom. The molecule has 0 aliphatic carbocycles. The summed E-state index contributed by atoms with van der Waals surface area (Å²) < 4.78 is 17.3. The van der Waals surface area contributed by atoms with Gasteiger partial charge in [0.05, 0.1) is 25.3 Å². The Kier molecular flexibility index (Phi) is 4.56. The van der Waals surface area contributed by atoms with Crippen LogP contribution in [0.1, 0.15) is 16.8 Å². The van der Waals surface area contributed by atoms with E-state index in [0.717, 1.165) is 12.3 Å². The highest BCUT2D eigenvalue weighted by Gasteiger charge is 2.14. The summed E-state index contributed by atoms with van der Waals surface area (Å²) in [4.78, 5) is 27.6. The van der Waals surface area contributed by atoms with Crippen LogP contribution in [0.2, 0.25) is 0 Å². The predicted octanol–water partition coefficient (Wildman–Crippen LogP) is 0.856. The van der Waals surface area contributed by atoms with E-state index in [1.165, 1.54) is 25.3 Å². The van der Waals surface area contributed by atoms with E-state index in [1.54, 1.807) is 0 Å². The number of esters is 1. The molecule has 0 aromatic carbocycles. The summed E-state index contributed by atoms with van der Waals surface area (Å²) in [7, 11) is 2.80. The molecular weight excluding hydrogens is 227 g/mol. The van der Waals surface area contributed by atoms with Crippen LogP contribution >= 0.6 is 0 Å². The molecular formula is C11H13FN2O3. The maximum Gasteiger partial charge on any atom is 0.307 e. The minimum Gasteiger partial charge on any atom is -0.469 e. The topological polar surface area (TPSA) is 59.5 Å².